The van der Waals surface area contributed by atoms with Crippen LogP contribution in [0.2, 0.25) is 0 Å². The summed E-state index contributed by atoms with van der Waals surface area (Å²) in [5, 5.41) is 2.73. The molecule has 1 aromatic carbocycles. The highest BCUT2D eigenvalue weighted by Gasteiger charge is 2.16. The number of nitrogens with two attached hydrogens (primary N) is 1. The SMILES string of the molecule is CCCCC(I)c1cc(NC(C)=O)ccc1C(N)=O. The third-order valence-electron chi connectivity index (χ3n) is 2.79. The summed E-state index contributed by atoms with van der Waals surface area (Å²) < 4.78 is 0.216. The molecule has 1 rings (SSSR count). The highest BCUT2D eigenvalue weighted by molar-refractivity contribution is 14.1. The van der Waals surface area contributed by atoms with Gasteiger partial charge in [-0.15, -0.1) is 0 Å². The van der Waals surface area contributed by atoms with Gasteiger partial charge in [0.2, 0.25) is 11.8 Å². The Bertz CT molecular complexity index is 475. The van der Waals surface area contributed by atoms with Gasteiger partial charge in [0.1, 0.15) is 0 Å². The van der Waals surface area contributed by atoms with Gasteiger partial charge in [0.25, 0.3) is 0 Å². The van der Waals surface area contributed by atoms with E-state index in [1.54, 1.807) is 12.1 Å². The minimum Gasteiger partial charge on any atom is -0.366 e. The summed E-state index contributed by atoms with van der Waals surface area (Å²) in [6, 6.07) is 5.23. The zero-order valence-electron chi connectivity index (χ0n) is 11.2. The molecule has 0 aromatic heterocycles. The number of carbonyl (C=O) groups is 2. The first-order valence-corrected chi connectivity index (χ1v) is 7.55. The standard InChI is InChI=1S/C14H19IN2O2/c1-3-4-5-13(15)12-8-10(17-9(2)18)6-7-11(12)14(16)19/h6-8,13H,3-5H2,1-2H3,(H2,16,19)(H,17,18). The van der Waals surface area contributed by atoms with Gasteiger partial charge in [0, 0.05) is 22.1 Å². The Morgan fingerprint density at radius 3 is 2.63 bits per heavy atom. The fourth-order valence-electron chi connectivity index (χ4n) is 1.87. The van der Waals surface area contributed by atoms with E-state index in [4.69, 9.17) is 5.73 Å². The van der Waals surface area contributed by atoms with Crippen LogP contribution in [0.3, 0.4) is 0 Å². The van der Waals surface area contributed by atoms with Gasteiger partial charge in [0.05, 0.1) is 0 Å². The fourth-order valence-corrected chi connectivity index (χ4v) is 2.82. The first-order chi connectivity index (χ1) is 8.95. The molecule has 4 nitrogen and oxygen atoms in total. The Balaban J connectivity index is 3.07. The number of amides is 2. The van der Waals surface area contributed by atoms with Crippen LogP contribution in [0, 0.1) is 0 Å². The molecule has 0 spiro atoms. The maximum Gasteiger partial charge on any atom is 0.249 e. The van der Waals surface area contributed by atoms with Gasteiger partial charge in [-0.05, 0) is 30.2 Å². The summed E-state index contributed by atoms with van der Waals surface area (Å²) >= 11 is 2.32. The van der Waals surface area contributed by atoms with Crippen molar-refractivity contribution in [3.63, 3.8) is 0 Å². The Hall–Kier alpha value is -1.11. The molecule has 104 valence electrons. The van der Waals surface area contributed by atoms with Gasteiger partial charge >= 0.3 is 0 Å². The first kappa shape index (κ1) is 15.9. The van der Waals surface area contributed by atoms with Crippen molar-refractivity contribution in [1.82, 2.24) is 0 Å². The zero-order chi connectivity index (χ0) is 14.4. The van der Waals surface area contributed by atoms with Crippen LogP contribution in [0.5, 0.6) is 0 Å². The molecule has 2 amide bonds. The maximum absolute atomic E-state index is 11.5. The highest BCUT2D eigenvalue weighted by Crippen LogP contribution is 2.33. The van der Waals surface area contributed by atoms with Gasteiger partial charge in [-0.25, -0.2) is 0 Å². The molecular formula is C14H19IN2O2. The van der Waals surface area contributed by atoms with Crippen LogP contribution in [0.4, 0.5) is 5.69 Å². The Morgan fingerprint density at radius 2 is 2.11 bits per heavy atom. The normalized spacial score (nSPS) is 11.9. The summed E-state index contributed by atoms with van der Waals surface area (Å²) in [7, 11) is 0. The molecule has 3 N–H and O–H groups in total. The van der Waals surface area contributed by atoms with E-state index < -0.39 is 5.91 Å². The lowest BCUT2D eigenvalue weighted by Gasteiger charge is -2.15. The first-order valence-electron chi connectivity index (χ1n) is 6.31. The van der Waals surface area contributed by atoms with Crippen LogP contribution in [0.15, 0.2) is 18.2 Å². The van der Waals surface area contributed by atoms with Crippen LogP contribution >= 0.6 is 22.6 Å². The smallest absolute Gasteiger partial charge is 0.249 e. The van der Waals surface area contributed by atoms with E-state index in [2.05, 4.69) is 34.8 Å². The predicted octanol–water partition coefficient (Wildman–Crippen LogP) is 3.41. The van der Waals surface area contributed by atoms with Crippen molar-refractivity contribution in [3.05, 3.63) is 29.3 Å². The quantitative estimate of drug-likeness (QED) is 0.592. The molecule has 0 saturated carbocycles. The third kappa shape index (κ3) is 4.81. The monoisotopic (exact) mass is 374 g/mol. The molecule has 1 unspecified atom stereocenters. The summed E-state index contributed by atoms with van der Waals surface area (Å²) in [5.74, 6) is -0.557. The molecule has 0 heterocycles. The van der Waals surface area contributed by atoms with Crippen LogP contribution in [0.1, 0.15) is 53.0 Å². The molecule has 0 radical (unpaired) electrons. The molecule has 0 saturated heterocycles. The molecule has 0 bridgehead atoms. The predicted molar refractivity (Wildman–Crippen MR) is 85.5 cm³/mol. The highest BCUT2D eigenvalue weighted by atomic mass is 127. The number of hydrogen-bond acceptors (Lipinski definition) is 2. The van der Waals surface area contributed by atoms with E-state index in [-0.39, 0.29) is 9.83 Å². The second-order valence-corrected chi connectivity index (χ2v) is 5.96. The van der Waals surface area contributed by atoms with Crippen molar-refractivity contribution in [2.24, 2.45) is 5.73 Å². The third-order valence-corrected chi connectivity index (χ3v) is 4.08. The Morgan fingerprint density at radius 1 is 1.42 bits per heavy atom. The van der Waals surface area contributed by atoms with E-state index in [0.29, 0.717) is 11.3 Å². The van der Waals surface area contributed by atoms with E-state index in [9.17, 15) is 9.59 Å². The molecule has 0 aliphatic rings. The van der Waals surface area contributed by atoms with Gasteiger partial charge in [-0.2, -0.15) is 0 Å². The summed E-state index contributed by atoms with van der Waals surface area (Å²) in [5.41, 5.74) is 7.53. The zero-order valence-corrected chi connectivity index (χ0v) is 13.4. The lowest BCUT2D eigenvalue weighted by atomic mass is 10.00. The molecule has 5 heteroatoms. The summed E-state index contributed by atoms with van der Waals surface area (Å²) in [6.07, 6.45) is 3.19. The van der Waals surface area contributed by atoms with Gasteiger partial charge < -0.3 is 11.1 Å². The lowest BCUT2D eigenvalue weighted by Crippen LogP contribution is -2.15. The second kappa shape index (κ2) is 7.47. The molecule has 19 heavy (non-hydrogen) atoms. The average Bonchev–Trinajstić information content (AvgIpc) is 2.34. The van der Waals surface area contributed by atoms with Crippen molar-refractivity contribution in [2.45, 2.75) is 37.0 Å². The van der Waals surface area contributed by atoms with Crippen LogP contribution in [-0.4, -0.2) is 11.8 Å². The molecule has 1 aromatic rings. The number of alkyl halides is 1. The molecular weight excluding hydrogens is 355 g/mol. The van der Waals surface area contributed by atoms with E-state index in [1.807, 2.05) is 6.07 Å². The summed E-state index contributed by atoms with van der Waals surface area (Å²) in [4.78, 5) is 22.5. The molecule has 0 aliphatic heterocycles. The van der Waals surface area contributed by atoms with E-state index >= 15 is 0 Å². The van der Waals surface area contributed by atoms with Gasteiger partial charge in [0.15, 0.2) is 0 Å². The van der Waals surface area contributed by atoms with Crippen molar-refractivity contribution in [3.8, 4) is 0 Å². The summed E-state index contributed by atoms with van der Waals surface area (Å²) in [6.45, 7) is 3.59. The number of nitrogens with one attached hydrogen (secondary N) is 1. The topological polar surface area (TPSA) is 72.2 Å². The number of unbranched alkanes of at least 4 members (excludes halogenated alkanes) is 1. The largest absolute Gasteiger partial charge is 0.366 e. The maximum atomic E-state index is 11.5. The minimum absolute atomic E-state index is 0.128. The number of carbonyl (C=O) groups excluding carboxylic acids is 2. The minimum atomic E-state index is -0.428. The Labute approximate surface area is 127 Å². The average molecular weight is 374 g/mol. The fraction of sp³-hybridized carbons (Fsp3) is 0.429. The van der Waals surface area contributed by atoms with E-state index in [0.717, 1.165) is 24.8 Å². The number of hydrogen-bond donors (Lipinski definition) is 2. The van der Waals surface area contributed by atoms with Crippen molar-refractivity contribution < 1.29 is 9.59 Å². The van der Waals surface area contributed by atoms with Crippen molar-refractivity contribution in [2.75, 3.05) is 5.32 Å². The Kier molecular flexibility index (Phi) is 6.27. The van der Waals surface area contributed by atoms with E-state index in [1.165, 1.54) is 6.92 Å². The number of anilines is 1. The molecule has 1 atom stereocenters. The van der Waals surface area contributed by atoms with Crippen molar-refractivity contribution >= 4 is 40.1 Å². The number of halogens is 1. The van der Waals surface area contributed by atoms with Gasteiger partial charge in [-0.1, -0.05) is 42.4 Å². The molecule has 0 fully saturated rings. The second-order valence-electron chi connectivity index (χ2n) is 4.46. The van der Waals surface area contributed by atoms with Crippen LogP contribution < -0.4 is 11.1 Å². The molecule has 0 aliphatic carbocycles. The number of benzene rings is 1. The lowest BCUT2D eigenvalue weighted by molar-refractivity contribution is -0.114. The van der Waals surface area contributed by atoms with Crippen LogP contribution in [-0.2, 0) is 4.79 Å². The number of rotatable bonds is 6. The van der Waals surface area contributed by atoms with Crippen LogP contribution in [0.25, 0.3) is 0 Å². The van der Waals surface area contributed by atoms with Crippen molar-refractivity contribution in [1.29, 1.82) is 0 Å². The number of primary amides is 1. The van der Waals surface area contributed by atoms with Gasteiger partial charge in [-0.3, -0.25) is 9.59 Å².